The Morgan fingerprint density at radius 3 is 1.54 bits per heavy atom. The molecule has 0 aliphatic carbocycles. The molecule has 0 aromatic heterocycles. The molecule has 1 rings (SSSR count). The van der Waals surface area contributed by atoms with E-state index < -0.39 is 48.9 Å². The van der Waals surface area contributed by atoms with Crippen molar-refractivity contribution in [3.63, 3.8) is 0 Å². The van der Waals surface area contributed by atoms with Crippen LogP contribution in [-0.2, 0) is 19.2 Å². The van der Waals surface area contributed by atoms with Crippen LogP contribution >= 0.6 is 25.3 Å². The third-order valence-corrected chi connectivity index (χ3v) is 3.93. The van der Waals surface area contributed by atoms with Crippen molar-refractivity contribution in [2.45, 2.75) is 12.1 Å². The fourth-order valence-corrected chi connectivity index (χ4v) is 2.18. The summed E-state index contributed by atoms with van der Waals surface area (Å²) in [5, 5.41) is 28.1. The van der Waals surface area contributed by atoms with Crippen molar-refractivity contribution in [2.75, 3.05) is 35.4 Å². The summed E-state index contributed by atoms with van der Waals surface area (Å²) in [6, 6.07) is 3.73. The molecule has 4 amide bonds. The molecule has 0 unspecified atom stereocenters. The molecule has 0 saturated heterocycles. The number of thiol groups is 2. The van der Waals surface area contributed by atoms with Gasteiger partial charge in [-0.25, -0.2) is 0 Å². The van der Waals surface area contributed by atoms with Gasteiger partial charge in [0, 0.05) is 11.4 Å². The lowest BCUT2D eigenvalue weighted by molar-refractivity contribution is -0.125. The predicted octanol–water partition coefficient (Wildman–Crippen LogP) is -1.62. The lowest BCUT2D eigenvalue weighted by Gasteiger charge is -2.17. The number of carbonyl (C=O) groups is 4. The van der Waals surface area contributed by atoms with E-state index in [1.807, 2.05) is 0 Å². The topological polar surface area (TPSA) is 157 Å². The Morgan fingerprint density at radius 1 is 0.821 bits per heavy atom. The van der Waals surface area contributed by atoms with Gasteiger partial charge in [0.25, 0.3) is 0 Å². The first-order valence-electron chi connectivity index (χ1n) is 8.08. The van der Waals surface area contributed by atoms with Crippen LogP contribution in [0.25, 0.3) is 0 Å². The third kappa shape index (κ3) is 7.76. The second-order valence-corrected chi connectivity index (χ2v) is 6.11. The molecule has 1 aromatic rings. The molecular weight excluding hydrogens is 408 g/mol. The molecule has 6 N–H and O–H groups in total. The van der Waals surface area contributed by atoms with Crippen LogP contribution in [0.5, 0.6) is 0 Å². The van der Waals surface area contributed by atoms with Gasteiger partial charge >= 0.3 is 0 Å². The first-order valence-corrected chi connectivity index (χ1v) is 9.35. The van der Waals surface area contributed by atoms with Crippen LogP contribution in [-0.4, -0.2) is 70.6 Å². The number of anilines is 2. The molecule has 0 aliphatic heterocycles. The van der Waals surface area contributed by atoms with Gasteiger partial charge in [-0.05, 0) is 18.2 Å². The van der Waals surface area contributed by atoms with Crippen molar-refractivity contribution < 1.29 is 29.4 Å². The van der Waals surface area contributed by atoms with Gasteiger partial charge in [-0.3, -0.25) is 19.2 Å². The molecule has 154 valence electrons. The highest BCUT2D eigenvalue weighted by Crippen LogP contribution is 2.15. The number of nitrogens with one attached hydrogen (secondary N) is 4. The van der Waals surface area contributed by atoms with Gasteiger partial charge in [0.15, 0.2) is 0 Å². The van der Waals surface area contributed by atoms with Crippen molar-refractivity contribution in [3.8, 4) is 0 Å². The van der Waals surface area contributed by atoms with E-state index >= 15 is 0 Å². The molecule has 0 saturated carbocycles. The Balaban J connectivity index is 2.77. The molecule has 28 heavy (non-hydrogen) atoms. The zero-order chi connectivity index (χ0) is 21.1. The van der Waals surface area contributed by atoms with Crippen LogP contribution in [0.4, 0.5) is 11.4 Å². The number of hydrogen-bond donors (Lipinski definition) is 8. The summed E-state index contributed by atoms with van der Waals surface area (Å²) in [4.78, 5) is 46.9. The summed E-state index contributed by atoms with van der Waals surface area (Å²) in [7, 11) is 0. The fourth-order valence-electron chi connectivity index (χ4n) is 2.00. The van der Waals surface area contributed by atoms with Crippen molar-refractivity contribution in [1.82, 2.24) is 10.6 Å². The monoisotopic (exact) mass is 430 g/mol. The first kappa shape index (κ1) is 23.8. The maximum absolute atomic E-state index is 12.2. The maximum Gasteiger partial charge on any atom is 0.249 e. The second kappa shape index (κ2) is 12.2. The Hall–Kier alpha value is -2.28. The average Bonchev–Trinajstić information content (AvgIpc) is 2.69. The van der Waals surface area contributed by atoms with E-state index in [4.69, 9.17) is 0 Å². The molecule has 2 atom stereocenters. The number of hydrogen-bond acceptors (Lipinski definition) is 8. The van der Waals surface area contributed by atoms with Gasteiger partial charge in [0.2, 0.25) is 23.6 Å². The second-order valence-electron chi connectivity index (χ2n) is 5.48. The Bertz CT molecular complexity index is 663. The summed E-state index contributed by atoms with van der Waals surface area (Å²) in [6.07, 6.45) is 0. The molecule has 0 fully saturated rings. The molecule has 0 aliphatic rings. The molecule has 12 heteroatoms. The number of carbonyl (C=O) groups excluding carboxylic acids is 4. The Kier molecular flexibility index (Phi) is 10.4. The minimum Gasteiger partial charge on any atom is -0.394 e. The van der Waals surface area contributed by atoms with Crippen molar-refractivity contribution in [2.24, 2.45) is 0 Å². The van der Waals surface area contributed by atoms with E-state index in [-0.39, 0.29) is 11.5 Å². The normalized spacial score (nSPS) is 12.4. The van der Waals surface area contributed by atoms with Gasteiger partial charge in [-0.2, -0.15) is 25.3 Å². The Morgan fingerprint density at radius 2 is 1.21 bits per heavy atom. The van der Waals surface area contributed by atoms with Crippen molar-refractivity contribution >= 4 is 60.3 Å². The highest BCUT2D eigenvalue weighted by Gasteiger charge is 2.21. The summed E-state index contributed by atoms with van der Waals surface area (Å²) >= 11 is 7.56. The number of amides is 4. The highest BCUT2D eigenvalue weighted by molar-refractivity contribution is 7.81. The van der Waals surface area contributed by atoms with Crippen molar-refractivity contribution in [1.29, 1.82) is 0 Å². The molecular formula is C16H22N4O6S2. The van der Waals surface area contributed by atoms with Gasteiger partial charge < -0.3 is 31.5 Å². The van der Waals surface area contributed by atoms with Crippen LogP contribution in [0.2, 0.25) is 0 Å². The maximum atomic E-state index is 12.2. The summed E-state index contributed by atoms with van der Waals surface area (Å²) < 4.78 is 0. The van der Waals surface area contributed by atoms with Crippen LogP contribution < -0.4 is 21.3 Å². The minimum absolute atomic E-state index is 0.138. The zero-order valence-electron chi connectivity index (χ0n) is 14.7. The minimum atomic E-state index is -1.16. The van der Waals surface area contributed by atoms with E-state index in [0.29, 0.717) is 11.4 Å². The average molecular weight is 431 g/mol. The van der Waals surface area contributed by atoms with Crippen LogP contribution in [0.1, 0.15) is 0 Å². The van der Waals surface area contributed by atoms with Crippen molar-refractivity contribution in [3.05, 3.63) is 24.3 Å². The zero-order valence-corrected chi connectivity index (χ0v) is 16.5. The molecule has 0 heterocycles. The lowest BCUT2D eigenvalue weighted by Crippen LogP contribution is -2.47. The molecule has 0 bridgehead atoms. The number of aliphatic hydroxyl groups is 2. The summed E-state index contributed by atoms with van der Waals surface area (Å²) in [5.41, 5.74) is 0.586. The fraction of sp³-hybridized carbons (Fsp3) is 0.375. The van der Waals surface area contributed by atoms with Gasteiger partial charge in [-0.15, -0.1) is 0 Å². The number of benzene rings is 1. The largest absolute Gasteiger partial charge is 0.394 e. The first-order chi connectivity index (χ1) is 13.3. The lowest BCUT2D eigenvalue weighted by atomic mass is 10.2. The van der Waals surface area contributed by atoms with E-state index in [1.165, 1.54) is 18.2 Å². The molecule has 0 spiro atoms. The predicted molar refractivity (Wildman–Crippen MR) is 109 cm³/mol. The van der Waals surface area contributed by atoms with E-state index in [2.05, 4.69) is 46.5 Å². The van der Waals surface area contributed by atoms with Gasteiger partial charge in [0.05, 0.1) is 24.7 Å². The summed E-state index contributed by atoms with van der Waals surface area (Å²) in [5.74, 6) is -2.62. The number of rotatable bonds is 10. The van der Waals surface area contributed by atoms with E-state index in [1.54, 1.807) is 6.07 Å². The molecule has 0 radical (unpaired) electrons. The van der Waals surface area contributed by atoms with Crippen LogP contribution in [0, 0.1) is 0 Å². The quantitative estimate of drug-likeness (QED) is 0.209. The van der Waals surface area contributed by atoms with Gasteiger partial charge in [0.1, 0.15) is 12.1 Å². The SMILES string of the molecule is O=C(CS)N[C@@H](CO)C(=O)Nc1cccc(NC(=O)[C@H](CO)NC(=O)CS)c1. The standard InChI is InChI=1S/C16H22N4O6S2/c21-5-11(19-13(23)7-27)15(25)17-9-2-1-3-10(4-9)18-16(26)12(6-22)20-14(24)8-28/h1-4,11-12,21-22,27-28H,5-8H2,(H,17,25)(H,18,26)(H,19,23)(H,20,24)/t11-,12-/m0/s1. The third-order valence-electron chi connectivity index (χ3n) is 3.35. The molecule has 10 nitrogen and oxygen atoms in total. The summed E-state index contributed by atoms with van der Waals surface area (Å²) in [6.45, 7) is -1.21. The van der Waals surface area contributed by atoms with E-state index in [9.17, 15) is 29.4 Å². The molecule has 1 aromatic carbocycles. The van der Waals surface area contributed by atoms with Crippen LogP contribution in [0.15, 0.2) is 24.3 Å². The smallest absolute Gasteiger partial charge is 0.249 e. The number of aliphatic hydroxyl groups excluding tert-OH is 2. The van der Waals surface area contributed by atoms with E-state index in [0.717, 1.165) is 0 Å². The van der Waals surface area contributed by atoms with Gasteiger partial charge in [-0.1, -0.05) is 6.07 Å². The Labute approximate surface area is 172 Å². The highest BCUT2D eigenvalue weighted by atomic mass is 32.1. The van der Waals surface area contributed by atoms with Crippen LogP contribution in [0.3, 0.4) is 0 Å².